The van der Waals surface area contributed by atoms with Crippen LogP contribution in [-0.2, 0) is 32.6 Å². The number of hydrogen-bond donors (Lipinski definition) is 1. The summed E-state index contributed by atoms with van der Waals surface area (Å²) in [4.78, 5) is 29.4. The molecular formula is C32H41N3O4S. The maximum atomic E-state index is 14.1. The van der Waals surface area contributed by atoms with Gasteiger partial charge in [-0.2, -0.15) is 0 Å². The third kappa shape index (κ3) is 8.42. The zero-order valence-corrected chi connectivity index (χ0v) is 25.2. The number of carbonyl (C=O) groups is 2. The molecule has 2 atom stereocenters. The van der Waals surface area contributed by atoms with E-state index in [0.29, 0.717) is 12.1 Å². The molecule has 0 saturated carbocycles. The summed E-state index contributed by atoms with van der Waals surface area (Å²) in [5.41, 5.74) is 5.15. The van der Waals surface area contributed by atoms with E-state index in [1.54, 1.807) is 12.1 Å². The molecule has 1 N–H and O–H groups in total. The van der Waals surface area contributed by atoms with Crippen molar-refractivity contribution in [3.8, 4) is 0 Å². The fraction of sp³-hybridized carbons (Fsp3) is 0.375. The summed E-state index contributed by atoms with van der Waals surface area (Å²) in [5, 5.41) is 3.05. The highest BCUT2D eigenvalue weighted by Gasteiger charge is 2.33. The Bertz CT molecular complexity index is 1420. The van der Waals surface area contributed by atoms with E-state index < -0.39 is 28.5 Å². The van der Waals surface area contributed by atoms with E-state index >= 15 is 0 Å². The van der Waals surface area contributed by atoms with E-state index in [1.807, 2.05) is 95.3 Å². The SMILES string of the molecule is CC[C@H](C)NC(=O)[C@H](Cc1ccccc1)N(Cc1cccc(C)c1)C(=O)CN(c1ccc(C)c(C)c1)S(C)(=O)=O. The second-order valence-electron chi connectivity index (χ2n) is 10.6. The number of nitrogens with one attached hydrogen (secondary N) is 1. The van der Waals surface area contributed by atoms with Crippen molar-refractivity contribution >= 4 is 27.5 Å². The summed E-state index contributed by atoms with van der Waals surface area (Å²) < 4.78 is 27.0. The molecule has 2 amide bonds. The van der Waals surface area contributed by atoms with Gasteiger partial charge in [-0.3, -0.25) is 13.9 Å². The normalized spacial score (nSPS) is 12.8. The highest BCUT2D eigenvalue weighted by atomic mass is 32.2. The fourth-order valence-corrected chi connectivity index (χ4v) is 5.34. The predicted molar refractivity (Wildman–Crippen MR) is 162 cm³/mol. The van der Waals surface area contributed by atoms with Crippen molar-refractivity contribution in [1.82, 2.24) is 10.2 Å². The van der Waals surface area contributed by atoms with Gasteiger partial charge in [0.1, 0.15) is 12.6 Å². The van der Waals surface area contributed by atoms with Gasteiger partial charge in [0, 0.05) is 19.0 Å². The highest BCUT2D eigenvalue weighted by molar-refractivity contribution is 7.92. The van der Waals surface area contributed by atoms with E-state index in [-0.39, 0.29) is 18.5 Å². The molecule has 3 rings (SSSR count). The Morgan fingerprint density at radius 2 is 1.55 bits per heavy atom. The van der Waals surface area contributed by atoms with Crippen molar-refractivity contribution in [2.75, 3.05) is 17.1 Å². The number of sulfonamides is 1. The molecule has 8 heteroatoms. The molecule has 0 aromatic heterocycles. The van der Waals surface area contributed by atoms with Crippen molar-refractivity contribution in [3.63, 3.8) is 0 Å². The second-order valence-corrected chi connectivity index (χ2v) is 12.5. The minimum absolute atomic E-state index is 0.0789. The number of rotatable bonds is 12. The number of amides is 2. The first-order valence-corrected chi connectivity index (χ1v) is 15.5. The van der Waals surface area contributed by atoms with Crippen LogP contribution in [0.1, 0.15) is 48.1 Å². The Kier molecular flexibility index (Phi) is 10.5. The van der Waals surface area contributed by atoms with Crippen molar-refractivity contribution in [2.24, 2.45) is 0 Å². The number of aryl methyl sites for hydroxylation is 3. The van der Waals surface area contributed by atoms with E-state index in [0.717, 1.165) is 44.8 Å². The Morgan fingerprint density at radius 3 is 2.15 bits per heavy atom. The molecule has 0 aliphatic rings. The summed E-state index contributed by atoms with van der Waals surface area (Å²) in [6.45, 7) is 9.47. The van der Waals surface area contributed by atoms with Crippen LogP contribution in [0.4, 0.5) is 5.69 Å². The Labute approximate surface area is 239 Å². The zero-order valence-electron chi connectivity index (χ0n) is 24.3. The topological polar surface area (TPSA) is 86.8 Å². The molecule has 214 valence electrons. The van der Waals surface area contributed by atoms with Gasteiger partial charge in [0.2, 0.25) is 21.8 Å². The van der Waals surface area contributed by atoms with Crippen LogP contribution in [0.3, 0.4) is 0 Å². The average Bonchev–Trinajstić information content (AvgIpc) is 2.90. The Hall–Kier alpha value is -3.65. The van der Waals surface area contributed by atoms with Crippen molar-refractivity contribution in [1.29, 1.82) is 0 Å². The predicted octanol–water partition coefficient (Wildman–Crippen LogP) is 4.93. The van der Waals surface area contributed by atoms with Crippen LogP contribution in [0.15, 0.2) is 72.8 Å². The monoisotopic (exact) mass is 563 g/mol. The Balaban J connectivity index is 2.07. The number of anilines is 1. The highest BCUT2D eigenvalue weighted by Crippen LogP contribution is 2.23. The molecule has 7 nitrogen and oxygen atoms in total. The third-order valence-electron chi connectivity index (χ3n) is 7.17. The first-order chi connectivity index (χ1) is 18.9. The van der Waals surface area contributed by atoms with Gasteiger partial charge in [0.25, 0.3) is 0 Å². The van der Waals surface area contributed by atoms with E-state index in [2.05, 4.69) is 5.32 Å². The van der Waals surface area contributed by atoms with Crippen LogP contribution in [-0.4, -0.2) is 50.0 Å². The van der Waals surface area contributed by atoms with E-state index in [4.69, 9.17) is 0 Å². The largest absolute Gasteiger partial charge is 0.352 e. The molecule has 0 aliphatic heterocycles. The maximum Gasteiger partial charge on any atom is 0.244 e. The van der Waals surface area contributed by atoms with Crippen molar-refractivity contribution in [3.05, 3.63) is 101 Å². The van der Waals surface area contributed by atoms with Gasteiger partial charge in [-0.25, -0.2) is 8.42 Å². The van der Waals surface area contributed by atoms with Crippen molar-refractivity contribution in [2.45, 2.75) is 66.1 Å². The molecule has 0 radical (unpaired) electrons. The first kappa shape index (κ1) is 30.9. The zero-order chi connectivity index (χ0) is 29.4. The molecule has 0 unspecified atom stereocenters. The number of nitrogens with zero attached hydrogens (tertiary/aromatic N) is 2. The molecule has 0 bridgehead atoms. The van der Waals surface area contributed by atoms with Crippen LogP contribution < -0.4 is 9.62 Å². The van der Waals surface area contributed by atoms with Crippen LogP contribution in [0.2, 0.25) is 0 Å². The smallest absolute Gasteiger partial charge is 0.244 e. The second kappa shape index (κ2) is 13.6. The van der Waals surface area contributed by atoms with Gasteiger partial charge in [0.05, 0.1) is 11.9 Å². The van der Waals surface area contributed by atoms with Gasteiger partial charge in [0.15, 0.2) is 0 Å². The van der Waals surface area contributed by atoms with Crippen molar-refractivity contribution < 1.29 is 18.0 Å². The number of hydrogen-bond acceptors (Lipinski definition) is 4. The summed E-state index contributed by atoms with van der Waals surface area (Å²) in [6.07, 6.45) is 2.13. The van der Waals surface area contributed by atoms with E-state index in [9.17, 15) is 18.0 Å². The minimum Gasteiger partial charge on any atom is -0.352 e. The fourth-order valence-electron chi connectivity index (χ4n) is 4.50. The van der Waals surface area contributed by atoms with E-state index in [1.165, 1.54) is 4.90 Å². The van der Waals surface area contributed by atoms with Gasteiger partial charge >= 0.3 is 0 Å². The lowest BCUT2D eigenvalue weighted by molar-refractivity contribution is -0.140. The minimum atomic E-state index is -3.80. The lowest BCUT2D eigenvalue weighted by Crippen LogP contribution is -2.54. The molecule has 0 saturated heterocycles. The van der Waals surface area contributed by atoms with Crippen LogP contribution >= 0.6 is 0 Å². The van der Waals surface area contributed by atoms with Gasteiger partial charge in [-0.05, 0) is 68.5 Å². The lowest BCUT2D eigenvalue weighted by Gasteiger charge is -2.34. The number of carbonyl (C=O) groups excluding carboxylic acids is 2. The third-order valence-corrected chi connectivity index (χ3v) is 8.31. The maximum absolute atomic E-state index is 14.1. The molecule has 0 aliphatic carbocycles. The summed E-state index contributed by atoms with van der Waals surface area (Å²) in [6, 6.07) is 21.7. The van der Waals surface area contributed by atoms with Crippen LogP contribution in [0.5, 0.6) is 0 Å². The summed E-state index contributed by atoms with van der Waals surface area (Å²) >= 11 is 0. The molecule has 0 heterocycles. The van der Waals surface area contributed by atoms with Gasteiger partial charge < -0.3 is 10.2 Å². The quantitative estimate of drug-likeness (QED) is 0.339. The molecule has 3 aromatic rings. The van der Waals surface area contributed by atoms with Gasteiger partial charge in [-0.1, -0.05) is 73.2 Å². The molecule has 3 aromatic carbocycles. The molecular weight excluding hydrogens is 522 g/mol. The molecule has 0 fully saturated rings. The van der Waals surface area contributed by atoms with Gasteiger partial charge in [-0.15, -0.1) is 0 Å². The summed E-state index contributed by atoms with van der Waals surface area (Å²) in [5.74, 6) is -0.721. The molecule has 40 heavy (non-hydrogen) atoms. The standard InChI is InChI=1S/C32H41N3O4S/c1-7-26(5)33-32(37)30(20-27-13-9-8-10-14-27)34(21-28-15-11-12-23(2)18-28)31(36)22-35(40(6,38)39)29-17-16-24(3)25(4)19-29/h8-19,26,30H,7,20-22H2,1-6H3,(H,33,37)/t26-,30-/m0/s1. The molecule has 0 spiro atoms. The summed E-state index contributed by atoms with van der Waals surface area (Å²) in [7, 11) is -3.80. The van der Waals surface area contributed by atoms with Crippen LogP contribution in [0.25, 0.3) is 0 Å². The Morgan fingerprint density at radius 1 is 0.875 bits per heavy atom. The average molecular weight is 564 g/mol. The lowest BCUT2D eigenvalue weighted by atomic mass is 10.0. The first-order valence-electron chi connectivity index (χ1n) is 13.6. The number of benzene rings is 3. The van der Waals surface area contributed by atoms with Crippen LogP contribution in [0, 0.1) is 20.8 Å².